The highest BCUT2D eigenvalue weighted by atomic mass is 31.2. The van der Waals surface area contributed by atoms with Crippen molar-refractivity contribution >= 4 is 7.82 Å². The van der Waals surface area contributed by atoms with Crippen LogP contribution in [0.3, 0.4) is 0 Å². The fourth-order valence-corrected chi connectivity index (χ4v) is 2.46. The topological polar surface area (TPSA) is 44.8 Å². The number of phosphoric ester groups is 1. The maximum Gasteiger partial charge on any atom is 0.529 e. The van der Waals surface area contributed by atoms with E-state index in [0.29, 0.717) is 19.0 Å². The first-order valence-corrected chi connectivity index (χ1v) is 6.60. The fourth-order valence-electron chi connectivity index (χ4n) is 1.21. The van der Waals surface area contributed by atoms with Crippen molar-refractivity contribution in [2.24, 2.45) is 0 Å². The van der Waals surface area contributed by atoms with Gasteiger partial charge in [-0.2, -0.15) is 0 Å². The number of allylic oxidation sites excluding steroid dienone is 4. The fraction of sp³-hybridized carbons (Fsp3) is 0.600. The van der Waals surface area contributed by atoms with Gasteiger partial charge in [0.1, 0.15) is 5.76 Å². The van der Waals surface area contributed by atoms with Crippen molar-refractivity contribution in [2.45, 2.75) is 26.7 Å². The summed E-state index contributed by atoms with van der Waals surface area (Å²) in [7, 11) is -3.39. The molecule has 0 saturated heterocycles. The van der Waals surface area contributed by atoms with Gasteiger partial charge in [0.15, 0.2) is 0 Å². The predicted molar refractivity (Wildman–Crippen MR) is 58.4 cm³/mol. The molecule has 0 radical (unpaired) electrons. The largest absolute Gasteiger partial charge is 0.529 e. The Labute approximate surface area is 90.5 Å². The molecule has 15 heavy (non-hydrogen) atoms. The van der Waals surface area contributed by atoms with E-state index in [0.717, 1.165) is 12.8 Å². The van der Waals surface area contributed by atoms with Crippen LogP contribution >= 0.6 is 7.82 Å². The van der Waals surface area contributed by atoms with Gasteiger partial charge in [-0.1, -0.05) is 12.2 Å². The third-order valence-electron chi connectivity index (χ3n) is 1.78. The summed E-state index contributed by atoms with van der Waals surface area (Å²) in [5.41, 5.74) is 0. The van der Waals surface area contributed by atoms with Gasteiger partial charge in [-0.05, 0) is 26.3 Å². The molecule has 0 atom stereocenters. The summed E-state index contributed by atoms with van der Waals surface area (Å²) in [6.07, 6.45) is 7.32. The molecule has 0 fully saturated rings. The van der Waals surface area contributed by atoms with Crippen molar-refractivity contribution in [1.82, 2.24) is 0 Å². The van der Waals surface area contributed by atoms with E-state index in [9.17, 15) is 4.57 Å². The minimum atomic E-state index is -3.39. The molecule has 1 aliphatic carbocycles. The summed E-state index contributed by atoms with van der Waals surface area (Å²) in [5, 5.41) is 0. The highest BCUT2D eigenvalue weighted by molar-refractivity contribution is 7.48. The lowest BCUT2D eigenvalue weighted by Gasteiger charge is -2.19. The van der Waals surface area contributed by atoms with Crippen LogP contribution < -0.4 is 0 Å². The molecule has 0 unspecified atom stereocenters. The van der Waals surface area contributed by atoms with Gasteiger partial charge in [-0.25, -0.2) is 4.57 Å². The molecule has 0 aliphatic heterocycles. The molecule has 0 heterocycles. The Kier molecular flexibility index (Phi) is 5.09. The van der Waals surface area contributed by atoms with Gasteiger partial charge in [0, 0.05) is 6.42 Å². The van der Waals surface area contributed by atoms with Crippen LogP contribution in [-0.2, 0) is 18.1 Å². The standard InChI is InChI=1S/C10H17O4P/c1-3-12-15(11,13-4-2)14-10-8-6-5-7-9-10/h5-6,8H,3-4,7,9H2,1-2H3. The molecule has 5 heteroatoms. The van der Waals surface area contributed by atoms with Gasteiger partial charge in [-0.3, -0.25) is 9.05 Å². The minimum Gasteiger partial charge on any atom is -0.409 e. The van der Waals surface area contributed by atoms with Gasteiger partial charge in [0.05, 0.1) is 13.2 Å². The van der Waals surface area contributed by atoms with Crippen molar-refractivity contribution in [3.8, 4) is 0 Å². The zero-order chi connectivity index (χ0) is 11.1. The molecule has 86 valence electrons. The molecule has 1 aliphatic rings. The second-order valence-corrected chi connectivity index (χ2v) is 4.57. The molecule has 0 aromatic carbocycles. The van der Waals surface area contributed by atoms with Crippen molar-refractivity contribution in [1.29, 1.82) is 0 Å². The molecule has 0 spiro atoms. The van der Waals surface area contributed by atoms with Gasteiger partial charge in [0.2, 0.25) is 0 Å². The Hall–Kier alpha value is -0.570. The molecular weight excluding hydrogens is 215 g/mol. The first kappa shape index (κ1) is 12.5. The Morgan fingerprint density at radius 1 is 1.33 bits per heavy atom. The van der Waals surface area contributed by atoms with E-state index in [1.165, 1.54) is 0 Å². The van der Waals surface area contributed by atoms with Crippen LogP contribution in [0.1, 0.15) is 26.7 Å². The lowest BCUT2D eigenvalue weighted by molar-refractivity contribution is 0.143. The summed E-state index contributed by atoms with van der Waals surface area (Å²) in [6, 6.07) is 0. The molecular formula is C10H17O4P. The molecule has 0 amide bonds. The summed E-state index contributed by atoms with van der Waals surface area (Å²) in [4.78, 5) is 0. The van der Waals surface area contributed by atoms with Gasteiger partial charge in [-0.15, -0.1) is 0 Å². The third kappa shape index (κ3) is 4.20. The van der Waals surface area contributed by atoms with Crippen molar-refractivity contribution in [3.05, 3.63) is 24.0 Å². The maximum atomic E-state index is 11.9. The highest BCUT2D eigenvalue weighted by Gasteiger charge is 2.28. The summed E-state index contributed by atoms with van der Waals surface area (Å²) in [5.74, 6) is 0.655. The Morgan fingerprint density at radius 3 is 2.47 bits per heavy atom. The van der Waals surface area contributed by atoms with Crippen molar-refractivity contribution < 1.29 is 18.1 Å². The van der Waals surface area contributed by atoms with Crippen LogP contribution in [0.15, 0.2) is 24.0 Å². The lowest BCUT2D eigenvalue weighted by atomic mass is 10.2. The summed E-state index contributed by atoms with van der Waals surface area (Å²) >= 11 is 0. The molecule has 0 aromatic rings. The second-order valence-electron chi connectivity index (χ2n) is 2.97. The molecule has 1 rings (SSSR count). The molecule has 0 saturated carbocycles. The summed E-state index contributed by atoms with van der Waals surface area (Å²) < 4.78 is 27.3. The van der Waals surface area contributed by atoms with E-state index < -0.39 is 7.82 Å². The van der Waals surface area contributed by atoms with Crippen LogP contribution in [0.25, 0.3) is 0 Å². The Morgan fingerprint density at radius 2 is 2.00 bits per heavy atom. The van der Waals surface area contributed by atoms with Crippen LogP contribution in [0, 0.1) is 0 Å². The molecule has 4 nitrogen and oxygen atoms in total. The normalized spacial score (nSPS) is 16.3. The first-order valence-electron chi connectivity index (χ1n) is 5.14. The van der Waals surface area contributed by atoms with E-state index >= 15 is 0 Å². The molecule has 0 N–H and O–H groups in total. The van der Waals surface area contributed by atoms with E-state index in [1.807, 2.05) is 12.2 Å². The van der Waals surface area contributed by atoms with E-state index in [4.69, 9.17) is 13.6 Å². The van der Waals surface area contributed by atoms with E-state index in [1.54, 1.807) is 19.9 Å². The number of phosphoric acid groups is 1. The monoisotopic (exact) mass is 232 g/mol. The van der Waals surface area contributed by atoms with Crippen LogP contribution in [0.5, 0.6) is 0 Å². The highest BCUT2D eigenvalue weighted by Crippen LogP contribution is 2.51. The van der Waals surface area contributed by atoms with Crippen molar-refractivity contribution in [2.75, 3.05) is 13.2 Å². The maximum absolute atomic E-state index is 11.9. The van der Waals surface area contributed by atoms with Gasteiger partial charge in [0.25, 0.3) is 0 Å². The van der Waals surface area contributed by atoms with Crippen molar-refractivity contribution in [3.63, 3.8) is 0 Å². The second kappa shape index (κ2) is 6.11. The quantitative estimate of drug-likeness (QED) is 0.658. The van der Waals surface area contributed by atoms with Crippen LogP contribution in [-0.4, -0.2) is 13.2 Å². The number of hydrogen-bond acceptors (Lipinski definition) is 4. The zero-order valence-electron chi connectivity index (χ0n) is 9.14. The third-order valence-corrected chi connectivity index (χ3v) is 3.39. The minimum absolute atomic E-state index is 0.306. The van der Waals surface area contributed by atoms with Crippen LogP contribution in [0.4, 0.5) is 0 Å². The Bertz CT molecular complexity index is 286. The lowest BCUT2D eigenvalue weighted by Crippen LogP contribution is -2.01. The number of hydrogen-bond donors (Lipinski definition) is 0. The van der Waals surface area contributed by atoms with Crippen LogP contribution in [0.2, 0.25) is 0 Å². The molecule has 0 aromatic heterocycles. The zero-order valence-corrected chi connectivity index (χ0v) is 10.0. The van der Waals surface area contributed by atoms with E-state index in [-0.39, 0.29) is 0 Å². The predicted octanol–water partition coefficient (Wildman–Crippen LogP) is 3.42. The average molecular weight is 232 g/mol. The first-order chi connectivity index (χ1) is 7.20. The smallest absolute Gasteiger partial charge is 0.409 e. The van der Waals surface area contributed by atoms with Gasteiger partial charge < -0.3 is 4.52 Å². The summed E-state index contributed by atoms with van der Waals surface area (Å²) in [6.45, 7) is 4.12. The molecule has 0 bridgehead atoms. The average Bonchev–Trinajstić information content (AvgIpc) is 2.19. The SMILES string of the molecule is CCOP(=O)(OCC)OC1=CC=CCC1. The van der Waals surface area contributed by atoms with Gasteiger partial charge >= 0.3 is 7.82 Å². The van der Waals surface area contributed by atoms with E-state index in [2.05, 4.69) is 0 Å². The Balaban J connectivity index is 2.61. The number of rotatable bonds is 6.